The van der Waals surface area contributed by atoms with Crippen molar-refractivity contribution in [2.75, 3.05) is 13.1 Å². The van der Waals surface area contributed by atoms with Crippen LogP contribution in [0.2, 0.25) is 0 Å². The first-order valence-corrected chi connectivity index (χ1v) is 8.62. The molecule has 2 aromatic heterocycles. The summed E-state index contributed by atoms with van der Waals surface area (Å²) in [5.41, 5.74) is 2.10. The Hall–Kier alpha value is -2.18. The minimum Gasteiger partial charge on any atom is -0.340 e. The van der Waals surface area contributed by atoms with Crippen molar-refractivity contribution in [1.82, 2.24) is 29.4 Å². The van der Waals surface area contributed by atoms with Crippen LogP contribution in [0.1, 0.15) is 48.3 Å². The van der Waals surface area contributed by atoms with Crippen molar-refractivity contribution < 1.29 is 4.79 Å². The van der Waals surface area contributed by atoms with Gasteiger partial charge in [-0.1, -0.05) is 0 Å². The fourth-order valence-electron chi connectivity index (χ4n) is 3.52. The number of nitrogens with zero attached hydrogens (tertiary/aromatic N) is 6. The van der Waals surface area contributed by atoms with E-state index >= 15 is 0 Å². The zero-order chi connectivity index (χ0) is 17.3. The van der Waals surface area contributed by atoms with E-state index in [1.54, 1.807) is 0 Å². The first kappa shape index (κ1) is 16.7. The highest BCUT2D eigenvalue weighted by Crippen LogP contribution is 2.22. The number of rotatable bonds is 4. The minimum atomic E-state index is 0.196. The van der Waals surface area contributed by atoms with Gasteiger partial charge in [-0.05, 0) is 46.6 Å². The third kappa shape index (κ3) is 3.49. The van der Waals surface area contributed by atoms with Crippen molar-refractivity contribution in [2.24, 2.45) is 0 Å². The van der Waals surface area contributed by atoms with Gasteiger partial charge in [-0.3, -0.25) is 9.48 Å². The van der Waals surface area contributed by atoms with Gasteiger partial charge in [0, 0.05) is 31.7 Å². The zero-order valence-electron chi connectivity index (χ0n) is 15.0. The zero-order valence-corrected chi connectivity index (χ0v) is 15.0. The van der Waals surface area contributed by atoms with E-state index in [9.17, 15) is 4.79 Å². The summed E-state index contributed by atoms with van der Waals surface area (Å²) in [6.45, 7) is 10.1. The summed E-state index contributed by atoms with van der Waals surface area (Å²) < 4.78 is 3.90. The Kier molecular flexibility index (Phi) is 4.69. The Bertz CT molecular complexity index is 732. The summed E-state index contributed by atoms with van der Waals surface area (Å²) >= 11 is 0. The average Bonchev–Trinajstić information content (AvgIpc) is 3.05. The van der Waals surface area contributed by atoms with Crippen molar-refractivity contribution in [2.45, 2.75) is 59.5 Å². The van der Waals surface area contributed by atoms with Crippen LogP contribution in [-0.2, 0) is 11.3 Å². The number of aromatic nitrogens is 5. The van der Waals surface area contributed by atoms with Crippen LogP contribution in [0.3, 0.4) is 0 Å². The molecule has 130 valence electrons. The Morgan fingerprint density at radius 3 is 2.67 bits per heavy atom. The second kappa shape index (κ2) is 6.75. The summed E-state index contributed by atoms with van der Waals surface area (Å²) in [5, 5.41) is 8.92. The molecule has 0 N–H and O–H groups in total. The number of piperidine rings is 1. The normalized spacial score (nSPS) is 18.2. The van der Waals surface area contributed by atoms with Gasteiger partial charge in [0.2, 0.25) is 5.91 Å². The van der Waals surface area contributed by atoms with E-state index in [1.807, 2.05) is 48.0 Å². The smallest absolute Gasteiger partial charge is 0.224 e. The predicted octanol–water partition coefficient (Wildman–Crippen LogP) is 1.96. The number of aryl methyl sites for hydroxylation is 5. The topological polar surface area (TPSA) is 68.8 Å². The molecular formula is C17H26N6O. The standard InChI is InChI=1S/C17H26N6O/c1-12-10-13(2)22(19-12)9-7-17(24)21-8-5-6-16(11-21)23-15(4)18-14(3)20-23/h10,16H,5-9,11H2,1-4H3/t16-/m0/s1. The van der Waals surface area contributed by atoms with E-state index in [-0.39, 0.29) is 11.9 Å². The second-order valence-electron chi connectivity index (χ2n) is 6.69. The Balaban J connectivity index is 1.61. The van der Waals surface area contributed by atoms with Crippen molar-refractivity contribution >= 4 is 5.91 Å². The lowest BCUT2D eigenvalue weighted by Gasteiger charge is -2.33. The van der Waals surface area contributed by atoms with Crippen molar-refractivity contribution in [3.63, 3.8) is 0 Å². The number of carbonyl (C=O) groups is 1. The van der Waals surface area contributed by atoms with Crippen LogP contribution in [0.25, 0.3) is 0 Å². The molecule has 2 aromatic rings. The SMILES string of the molecule is Cc1cc(C)n(CCC(=O)N2CCC[C@H](n3nc(C)nc3C)C2)n1. The van der Waals surface area contributed by atoms with E-state index in [0.29, 0.717) is 13.0 Å². The molecular weight excluding hydrogens is 304 g/mol. The van der Waals surface area contributed by atoms with Crippen LogP contribution in [-0.4, -0.2) is 48.4 Å². The molecule has 1 fully saturated rings. The highest BCUT2D eigenvalue weighted by Gasteiger charge is 2.26. The third-order valence-corrected chi connectivity index (χ3v) is 4.64. The first-order valence-electron chi connectivity index (χ1n) is 8.62. The molecule has 0 spiro atoms. The van der Waals surface area contributed by atoms with Gasteiger partial charge < -0.3 is 4.90 Å². The second-order valence-corrected chi connectivity index (χ2v) is 6.69. The molecule has 1 atom stereocenters. The van der Waals surface area contributed by atoms with E-state index < -0.39 is 0 Å². The minimum absolute atomic E-state index is 0.196. The number of amides is 1. The van der Waals surface area contributed by atoms with Gasteiger partial charge in [0.25, 0.3) is 0 Å². The Labute approximate surface area is 142 Å². The lowest BCUT2D eigenvalue weighted by molar-refractivity contribution is -0.133. The van der Waals surface area contributed by atoms with Gasteiger partial charge >= 0.3 is 0 Å². The number of likely N-dealkylation sites (tertiary alicyclic amines) is 1. The van der Waals surface area contributed by atoms with Crippen molar-refractivity contribution in [3.8, 4) is 0 Å². The maximum Gasteiger partial charge on any atom is 0.224 e. The van der Waals surface area contributed by atoms with Gasteiger partial charge in [0.15, 0.2) is 0 Å². The lowest BCUT2D eigenvalue weighted by Crippen LogP contribution is -2.41. The van der Waals surface area contributed by atoms with Crippen LogP contribution < -0.4 is 0 Å². The van der Waals surface area contributed by atoms with Crippen LogP contribution in [0, 0.1) is 27.7 Å². The van der Waals surface area contributed by atoms with Gasteiger partial charge in [-0.2, -0.15) is 10.2 Å². The van der Waals surface area contributed by atoms with E-state index in [4.69, 9.17) is 0 Å². The molecule has 0 bridgehead atoms. The molecule has 0 radical (unpaired) electrons. The fraction of sp³-hybridized carbons (Fsp3) is 0.647. The van der Waals surface area contributed by atoms with Crippen LogP contribution in [0.4, 0.5) is 0 Å². The molecule has 3 rings (SSSR count). The summed E-state index contributed by atoms with van der Waals surface area (Å²) in [6, 6.07) is 2.27. The first-order chi connectivity index (χ1) is 11.4. The fourth-order valence-corrected chi connectivity index (χ4v) is 3.52. The number of hydrogen-bond donors (Lipinski definition) is 0. The molecule has 1 aliphatic heterocycles. The molecule has 7 heteroatoms. The van der Waals surface area contributed by atoms with Crippen LogP contribution in [0.15, 0.2) is 6.07 Å². The molecule has 0 saturated carbocycles. The lowest BCUT2D eigenvalue weighted by atomic mass is 10.1. The third-order valence-electron chi connectivity index (χ3n) is 4.64. The van der Waals surface area contributed by atoms with Gasteiger partial charge in [0.1, 0.15) is 11.6 Å². The molecule has 1 amide bonds. The summed E-state index contributed by atoms with van der Waals surface area (Å²) in [6.07, 6.45) is 2.55. The summed E-state index contributed by atoms with van der Waals surface area (Å²) in [4.78, 5) is 18.9. The van der Waals surface area contributed by atoms with Crippen LogP contribution >= 0.6 is 0 Å². The quantitative estimate of drug-likeness (QED) is 0.859. The highest BCUT2D eigenvalue weighted by atomic mass is 16.2. The molecule has 0 unspecified atom stereocenters. The summed E-state index contributed by atoms with van der Waals surface area (Å²) in [7, 11) is 0. The average molecular weight is 330 g/mol. The molecule has 0 aliphatic carbocycles. The molecule has 3 heterocycles. The van der Waals surface area contributed by atoms with E-state index in [0.717, 1.165) is 49.0 Å². The molecule has 1 saturated heterocycles. The number of carbonyl (C=O) groups excluding carboxylic acids is 1. The van der Waals surface area contributed by atoms with Gasteiger partial charge in [-0.25, -0.2) is 9.67 Å². The maximum atomic E-state index is 12.6. The predicted molar refractivity (Wildman–Crippen MR) is 90.7 cm³/mol. The van der Waals surface area contributed by atoms with Crippen molar-refractivity contribution in [3.05, 3.63) is 29.1 Å². The monoisotopic (exact) mass is 330 g/mol. The Morgan fingerprint density at radius 1 is 1.25 bits per heavy atom. The van der Waals surface area contributed by atoms with Crippen LogP contribution in [0.5, 0.6) is 0 Å². The van der Waals surface area contributed by atoms with Crippen molar-refractivity contribution in [1.29, 1.82) is 0 Å². The maximum absolute atomic E-state index is 12.6. The number of hydrogen-bond acceptors (Lipinski definition) is 4. The van der Waals surface area contributed by atoms with Gasteiger partial charge in [-0.15, -0.1) is 0 Å². The molecule has 7 nitrogen and oxygen atoms in total. The van der Waals surface area contributed by atoms with E-state index in [2.05, 4.69) is 15.2 Å². The molecule has 1 aliphatic rings. The van der Waals surface area contributed by atoms with Gasteiger partial charge in [0.05, 0.1) is 11.7 Å². The molecule has 0 aromatic carbocycles. The summed E-state index contributed by atoms with van der Waals surface area (Å²) in [5.74, 6) is 1.91. The van der Waals surface area contributed by atoms with E-state index in [1.165, 1.54) is 0 Å². The molecule has 24 heavy (non-hydrogen) atoms. The Morgan fingerprint density at radius 2 is 2.04 bits per heavy atom. The largest absolute Gasteiger partial charge is 0.340 e. The highest BCUT2D eigenvalue weighted by molar-refractivity contribution is 5.76.